The van der Waals surface area contributed by atoms with Gasteiger partial charge in [0.2, 0.25) is 10.0 Å². The van der Waals surface area contributed by atoms with Crippen LogP contribution >= 0.6 is 0 Å². The Morgan fingerprint density at radius 1 is 1.32 bits per heavy atom. The second kappa shape index (κ2) is 5.02. The molecule has 0 unspecified atom stereocenters. The summed E-state index contributed by atoms with van der Waals surface area (Å²) in [6.07, 6.45) is 1.24. The van der Waals surface area contributed by atoms with Crippen LogP contribution in [0.15, 0.2) is 35.4 Å². The van der Waals surface area contributed by atoms with Crippen molar-refractivity contribution in [3.63, 3.8) is 0 Å². The van der Waals surface area contributed by atoms with Gasteiger partial charge in [0.25, 0.3) is 0 Å². The third-order valence-corrected chi connectivity index (χ3v) is 4.24. The molecule has 1 heterocycles. The zero-order chi connectivity index (χ0) is 14.0. The van der Waals surface area contributed by atoms with E-state index >= 15 is 0 Å². The summed E-state index contributed by atoms with van der Waals surface area (Å²) < 4.78 is 27.9. The Kier molecular flexibility index (Phi) is 3.59. The molecule has 2 aromatic rings. The predicted octanol–water partition coefficient (Wildman–Crippen LogP) is 0.789. The number of nitrogens with one attached hydrogen (secondary N) is 1. The van der Waals surface area contributed by atoms with Crippen molar-refractivity contribution in [3.8, 4) is 0 Å². The first kappa shape index (κ1) is 13.6. The maximum Gasteiger partial charge on any atom is 0.246 e. The van der Waals surface area contributed by atoms with Gasteiger partial charge in [-0.15, -0.1) is 0 Å². The molecule has 0 aliphatic rings. The van der Waals surface area contributed by atoms with E-state index in [2.05, 4.69) is 9.82 Å². The molecule has 6 nitrogen and oxygen atoms in total. The topological polar surface area (TPSA) is 90.0 Å². The highest BCUT2D eigenvalue weighted by Crippen LogP contribution is 2.16. The molecule has 0 saturated heterocycles. The number of hydrogen-bond donors (Lipinski definition) is 2. The number of nitrogens with two attached hydrogens (primary N) is 1. The van der Waals surface area contributed by atoms with Crippen molar-refractivity contribution >= 4 is 15.8 Å². The van der Waals surface area contributed by atoms with Crippen molar-refractivity contribution in [2.75, 3.05) is 5.73 Å². The molecule has 19 heavy (non-hydrogen) atoms. The number of nitrogen functional groups attached to an aromatic ring is 1. The summed E-state index contributed by atoms with van der Waals surface area (Å²) in [7, 11) is -2.05. The average molecular weight is 280 g/mol. The number of aromatic nitrogens is 2. The van der Waals surface area contributed by atoms with Crippen LogP contribution in [0.2, 0.25) is 0 Å². The van der Waals surface area contributed by atoms with Crippen molar-refractivity contribution in [2.45, 2.75) is 18.4 Å². The molecule has 0 bridgehead atoms. The monoisotopic (exact) mass is 280 g/mol. The number of aryl methyl sites for hydroxylation is 2. The minimum absolute atomic E-state index is 0.00196. The minimum Gasteiger partial charge on any atom is -0.383 e. The molecule has 0 aliphatic carbocycles. The van der Waals surface area contributed by atoms with Crippen LogP contribution in [0, 0.1) is 6.92 Å². The van der Waals surface area contributed by atoms with Gasteiger partial charge in [-0.25, -0.2) is 13.1 Å². The second-order valence-electron chi connectivity index (χ2n) is 4.33. The van der Waals surface area contributed by atoms with Crippen molar-refractivity contribution < 1.29 is 8.42 Å². The van der Waals surface area contributed by atoms with Crippen LogP contribution in [0.5, 0.6) is 0 Å². The normalized spacial score (nSPS) is 11.7. The maximum atomic E-state index is 12.1. The van der Waals surface area contributed by atoms with E-state index in [4.69, 9.17) is 5.73 Å². The molecule has 2 rings (SSSR count). The van der Waals surface area contributed by atoms with Gasteiger partial charge in [0.15, 0.2) is 0 Å². The highest BCUT2D eigenvalue weighted by atomic mass is 32.2. The largest absolute Gasteiger partial charge is 0.383 e. The highest BCUT2D eigenvalue weighted by molar-refractivity contribution is 7.89. The van der Waals surface area contributed by atoms with E-state index in [9.17, 15) is 8.42 Å². The van der Waals surface area contributed by atoms with E-state index in [1.807, 2.05) is 31.2 Å². The lowest BCUT2D eigenvalue weighted by atomic mass is 10.2. The number of rotatable bonds is 4. The standard InChI is InChI=1S/C12H16N4O2S/c1-9-3-5-10(6-4-9)7-15-19(17,18)11-8-14-16(2)12(11)13/h3-6,8,15H,7,13H2,1-2H3. The van der Waals surface area contributed by atoms with Crippen molar-refractivity contribution in [3.05, 3.63) is 41.6 Å². The SMILES string of the molecule is Cc1ccc(CNS(=O)(=O)c2cnn(C)c2N)cc1. The van der Waals surface area contributed by atoms with Crippen molar-refractivity contribution in [1.29, 1.82) is 0 Å². The van der Waals surface area contributed by atoms with Crippen LogP contribution < -0.4 is 10.5 Å². The molecule has 0 atom stereocenters. The van der Waals surface area contributed by atoms with Crippen molar-refractivity contribution in [1.82, 2.24) is 14.5 Å². The fourth-order valence-electron chi connectivity index (χ4n) is 1.60. The Labute approximate surface area is 112 Å². The number of hydrogen-bond acceptors (Lipinski definition) is 4. The third kappa shape index (κ3) is 2.94. The Bertz CT molecular complexity index is 674. The first-order chi connectivity index (χ1) is 8.90. The molecule has 7 heteroatoms. The van der Waals surface area contributed by atoms with Crippen LogP contribution in [0.4, 0.5) is 5.82 Å². The van der Waals surface area contributed by atoms with Gasteiger partial charge in [-0.1, -0.05) is 29.8 Å². The van der Waals surface area contributed by atoms with E-state index in [0.717, 1.165) is 11.1 Å². The van der Waals surface area contributed by atoms with Crippen LogP contribution in [0.3, 0.4) is 0 Å². The predicted molar refractivity (Wildman–Crippen MR) is 72.8 cm³/mol. The van der Waals surface area contributed by atoms with Crippen LogP contribution in [0.1, 0.15) is 11.1 Å². The Morgan fingerprint density at radius 3 is 2.47 bits per heavy atom. The van der Waals surface area contributed by atoms with Gasteiger partial charge in [-0.3, -0.25) is 4.68 Å². The van der Waals surface area contributed by atoms with Crippen LogP contribution in [-0.4, -0.2) is 18.2 Å². The molecule has 1 aromatic carbocycles. The first-order valence-electron chi connectivity index (χ1n) is 5.73. The van der Waals surface area contributed by atoms with Gasteiger partial charge in [0.1, 0.15) is 10.7 Å². The Hall–Kier alpha value is -1.86. The lowest BCUT2D eigenvalue weighted by molar-refractivity contribution is 0.581. The van der Waals surface area contributed by atoms with Crippen LogP contribution in [0.25, 0.3) is 0 Å². The maximum absolute atomic E-state index is 12.1. The molecular weight excluding hydrogens is 264 g/mol. The lowest BCUT2D eigenvalue weighted by Crippen LogP contribution is -2.23. The van der Waals surface area contributed by atoms with E-state index < -0.39 is 10.0 Å². The molecule has 102 valence electrons. The van der Waals surface area contributed by atoms with E-state index in [1.165, 1.54) is 10.9 Å². The molecule has 0 aliphatic heterocycles. The van der Waals surface area contributed by atoms with Crippen LogP contribution in [-0.2, 0) is 23.6 Å². The lowest BCUT2D eigenvalue weighted by Gasteiger charge is -2.06. The summed E-state index contributed by atoms with van der Waals surface area (Å²) in [5, 5.41) is 3.82. The number of anilines is 1. The highest BCUT2D eigenvalue weighted by Gasteiger charge is 2.20. The van der Waals surface area contributed by atoms with Gasteiger partial charge < -0.3 is 5.73 Å². The summed E-state index contributed by atoms with van der Waals surface area (Å²) in [4.78, 5) is 0.00196. The Morgan fingerprint density at radius 2 is 1.95 bits per heavy atom. The summed E-state index contributed by atoms with van der Waals surface area (Å²) in [6.45, 7) is 2.20. The molecule has 3 N–H and O–H groups in total. The smallest absolute Gasteiger partial charge is 0.246 e. The first-order valence-corrected chi connectivity index (χ1v) is 7.21. The number of benzene rings is 1. The molecule has 0 saturated carbocycles. The molecule has 0 radical (unpaired) electrons. The zero-order valence-electron chi connectivity index (χ0n) is 10.8. The van der Waals surface area contributed by atoms with Gasteiger partial charge in [-0.2, -0.15) is 5.10 Å². The average Bonchev–Trinajstić information content (AvgIpc) is 2.70. The molecule has 0 amide bonds. The van der Waals surface area contributed by atoms with Gasteiger partial charge in [-0.05, 0) is 12.5 Å². The Balaban J connectivity index is 2.14. The number of nitrogens with zero attached hydrogens (tertiary/aromatic N) is 2. The molecular formula is C12H16N4O2S. The number of sulfonamides is 1. The van der Waals surface area contributed by atoms with E-state index in [0.29, 0.717) is 0 Å². The van der Waals surface area contributed by atoms with E-state index in [-0.39, 0.29) is 17.3 Å². The second-order valence-corrected chi connectivity index (χ2v) is 6.06. The van der Waals surface area contributed by atoms with Gasteiger partial charge in [0, 0.05) is 13.6 Å². The third-order valence-electron chi connectivity index (χ3n) is 2.83. The fourth-order valence-corrected chi connectivity index (χ4v) is 2.70. The fraction of sp³-hybridized carbons (Fsp3) is 0.250. The summed E-state index contributed by atoms with van der Waals surface area (Å²) in [5.74, 6) is 0.122. The summed E-state index contributed by atoms with van der Waals surface area (Å²) in [5.41, 5.74) is 7.67. The summed E-state index contributed by atoms with van der Waals surface area (Å²) in [6, 6.07) is 7.62. The molecule has 1 aromatic heterocycles. The van der Waals surface area contributed by atoms with Gasteiger partial charge >= 0.3 is 0 Å². The molecule has 0 fully saturated rings. The quantitative estimate of drug-likeness (QED) is 0.866. The van der Waals surface area contributed by atoms with Crippen molar-refractivity contribution in [2.24, 2.45) is 7.05 Å². The van der Waals surface area contributed by atoms with E-state index in [1.54, 1.807) is 7.05 Å². The minimum atomic E-state index is -3.64. The summed E-state index contributed by atoms with van der Waals surface area (Å²) >= 11 is 0. The zero-order valence-corrected chi connectivity index (χ0v) is 11.6. The van der Waals surface area contributed by atoms with Gasteiger partial charge in [0.05, 0.1) is 6.20 Å². The molecule has 0 spiro atoms.